The van der Waals surface area contributed by atoms with Crippen LogP contribution >= 0.6 is 0 Å². The molecule has 1 fully saturated rings. The monoisotopic (exact) mass is 179 g/mol. The Morgan fingerprint density at radius 2 is 1.77 bits per heavy atom. The highest BCUT2D eigenvalue weighted by atomic mass is 16.2. The van der Waals surface area contributed by atoms with E-state index in [1.807, 2.05) is 13.8 Å². The van der Waals surface area contributed by atoms with E-state index >= 15 is 0 Å². The Balaban J connectivity index is 2.51. The van der Waals surface area contributed by atoms with Crippen LogP contribution in [0.3, 0.4) is 0 Å². The Morgan fingerprint density at radius 3 is 2.23 bits per heavy atom. The van der Waals surface area contributed by atoms with Crippen molar-refractivity contribution in [2.75, 3.05) is 0 Å². The van der Waals surface area contributed by atoms with E-state index < -0.39 is 0 Å². The molecule has 0 saturated carbocycles. The van der Waals surface area contributed by atoms with Gasteiger partial charge in [-0.25, -0.2) is 0 Å². The van der Waals surface area contributed by atoms with Crippen LogP contribution in [-0.4, -0.2) is 11.4 Å². The largest absolute Gasteiger partial charge is 0.346 e. The van der Waals surface area contributed by atoms with Crippen LogP contribution in [-0.2, 0) is 4.79 Å². The number of carbonyl (C=O) groups excluding carboxylic acids is 1. The first-order valence-corrected chi connectivity index (χ1v) is 4.82. The SMILES string of the molecule is CC1=C(C)C2(C)NC(=O)C(C)(C)C12. The summed E-state index contributed by atoms with van der Waals surface area (Å²) in [6.07, 6.45) is 0. The number of nitrogens with one attached hydrogen (secondary N) is 1. The lowest BCUT2D eigenvalue weighted by Gasteiger charge is -2.47. The molecular weight excluding hydrogens is 162 g/mol. The second-order valence-corrected chi connectivity index (χ2v) is 5.12. The number of fused-ring (bicyclic) bond motifs is 1. The van der Waals surface area contributed by atoms with Crippen molar-refractivity contribution in [2.45, 2.75) is 40.2 Å². The molecule has 0 bridgehead atoms. The molecule has 1 heterocycles. The summed E-state index contributed by atoms with van der Waals surface area (Å²) in [4.78, 5) is 11.7. The normalized spacial score (nSPS) is 41.3. The predicted octanol–water partition coefficient (Wildman–Crippen LogP) is 1.87. The third kappa shape index (κ3) is 0.725. The van der Waals surface area contributed by atoms with Crippen LogP contribution in [0.1, 0.15) is 34.6 Å². The first-order valence-electron chi connectivity index (χ1n) is 4.82. The van der Waals surface area contributed by atoms with Crippen molar-refractivity contribution in [1.29, 1.82) is 0 Å². The van der Waals surface area contributed by atoms with Gasteiger partial charge in [0.05, 0.1) is 11.0 Å². The zero-order chi connectivity index (χ0) is 10.0. The molecule has 1 aliphatic carbocycles. The molecule has 2 atom stereocenters. The molecule has 13 heavy (non-hydrogen) atoms. The lowest BCUT2D eigenvalue weighted by atomic mass is 9.57. The summed E-state index contributed by atoms with van der Waals surface area (Å²) in [5, 5.41) is 3.10. The zero-order valence-electron chi connectivity index (χ0n) is 8.99. The van der Waals surface area contributed by atoms with Gasteiger partial charge in [-0.15, -0.1) is 0 Å². The number of carbonyl (C=O) groups is 1. The molecule has 2 heteroatoms. The van der Waals surface area contributed by atoms with E-state index in [-0.39, 0.29) is 16.9 Å². The summed E-state index contributed by atoms with van der Waals surface area (Å²) in [5.41, 5.74) is 2.46. The lowest BCUT2D eigenvalue weighted by Crippen LogP contribution is -2.52. The van der Waals surface area contributed by atoms with Crippen molar-refractivity contribution < 1.29 is 4.79 Å². The summed E-state index contributed by atoms with van der Waals surface area (Å²) in [6.45, 7) is 10.5. The highest BCUT2D eigenvalue weighted by Gasteiger charge is 2.62. The molecule has 1 N–H and O–H groups in total. The minimum Gasteiger partial charge on any atom is -0.346 e. The van der Waals surface area contributed by atoms with E-state index in [0.717, 1.165) is 0 Å². The summed E-state index contributed by atoms with van der Waals surface area (Å²) in [5.74, 6) is 0.587. The van der Waals surface area contributed by atoms with Crippen LogP contribution in [0.25, 0.3) is 0 Å². The molecule has 0 aromatic carbocycles. The van der Waals surface area contributed by atoms with Gasteiger partial charge in [-0.3, -0.25) is 4.79 Å². The first-order chi connectivity index (χ1) is 5.82. The summed E-state index contributed by atoms with van der Waals surface area (Å²) < 4.78 is 0. The van der Waals surface area contributed by atoms with Gasteiger partial charge in [0.15, 0.2) is 0 Å². The van der Waals surface area contributed by atoms with E-state index in [4.69, 9.17) is 0 Å². The Hall–Kier alpha value is -0.790. The van der Waals surface area contributed by atoms with Gasteiger partial charge in [0.2, 0.25) is 5.91 Å². The summed E-state index contributed by atoms with van der Waals surface area (Å²) >= 11 is 0. The molecule has 2 unspecified atom stereocenters. The average molecular weight is 179 g/mol. The van der Waals surface area contributed by atoms with Crippen molar-refractivity contribution in [3.05, 3.63) is 11.1 Å². The van der Waals surface area contributed by atoms with Crippen LogP contribution in [0.2, 0.25) is 0 Å². The Bertz CT molecular complexity index is 327. The van der Waals surface area contributed by atoms with Crippen LogP contribution in [0.5, 0.6) is 0 Å². The van der Waals surface area contributed by atoms with Crippen LogP contribution in [0, 0.1) is 11.3 Å². The van der Waals surface area contributed by atoms with Gasteiger partial charge < -0.3 is 5.32 Å². The summed E-state index contributed by atoms with van der Waals surface area (Å²) in [6, 6.07) is 0. The lowest BCUT2D eigenvalue weighted by molar-refractivity contribution is -0.126. The Labute approximate surface area is 79.4 Å². The third-order valence-corrected chi connectivity index (χ3v) is 4.06. The van der Waals surface area contributed by atoms with Crippen LogP contribution < -0.4 is 5.32 Å². The molecule has 1 saturated heterocycles. The second-order valence-electron chi connectivity index (χ2n) is 5.12. The molecule has 72 valence electrons. The van der Waals surface area contributed by atoms with E-state index in [9.17, 15) is 4.79 Å². The fraction of sp³-hybridized carbons (Fsp3) is 0.727. The maximum Gasteiger partial charge on any atom is 0.227 e. The minimum atomic E-state index is -0.224. The van der Waals surface area contributed by atoms with E-state index in [1.165, 1.54) is 11.1 Å². The molecule has 2 rings (SSSR count). The fourth-order valence-electron chi connectivity index (χ4n) is 3.15. The van der Waals surface area contributed by atoms with Gasteiger partial charge in [-0.05, 0) is 26.3 Å². The maximum atomic E-state index is 11.7. The van der Waals surface area contributed by atoms with Crippen molar-refractivity contribution in [2.24, 2.45) is 11.3 Å². The smallest absolute Gasteiger partial charge is 0.227 e. The third-order valence-electron chi connectivity index (χ3n) is 4.06. The van der Waals surface area contributed by atoms with Gasteiger partial charge >= 0.3 is 0 Å². The van der Waals surface area contributed by atoms with Gasteiger partial charge in [-0.2, -0.15) is 0 Å². The van der Waals surface area contributed by atoms with Crippen LogP contribution in [0.4, 0.5) is 0 Å². The highest BCUT2D eigenvalue weighted by molar-refractivity contribution is 5.89. The standard InChI is InChI=1S/C11H17NO/c1-6-7(2)11(5)8(6)10(3,4)9(13)12-11/h8H,1-5H3,(H,12,13). The molecule has 0 spiro atoms. The molecule has 1 aliphatic heterocycles. The van der Waals surface area contributed by atoms with Gasteiger partial charge in [0.1, 0.15) is 0 Å². The molecule has 0 aromatic heterocycles. The Kier molecular flexibility index (Phi) is 1.35. The molecule has 2 nitrogen and oxygen atoms in total. The van der Waals surface area contributed by atoms with E-state index in [2.05, 4.69) is 26.1 Å². The molecule has 2 aliphatic rings. The molecule has 0 aromatic rings. The maximum absolute atomic E-state index is 11.7. The number of hydrogen-bond donors (Lipinski definition) is 1. The van der Waals surface area contributed by atoms with Gasteiger partial charge in [0.25, 0.3) is 0 Å². The van der Waals surface area contributed by atoms with E-state index in [1.54, 1.807) is 0 Å². The van der Waals surface area contributed by atoms with E-state index in [0.29, 0.717) is 5.92 Å². The predicted molar refractivity (Wildman–Crippen MR) is 52.2 cm³/mol. The first kappa shape index (κ1) is 8.79. The van der Waals surface area contributed by atoms with Gasteiger partial charge in [-0.1, -0.05) is 19.4 Å². The molecule has 0 radical (unpaired) electrons. The van der Waals surface area contributed by atoms with Crippen molar-refractivity contribution in [1.82, 2.24) is 5.32 Å². The number of amides is 1. The average Bonchev–Trinajstić information content (AvgIpc) is 2.18. The minimum absolute atomic E-state index is 0.0509. The molecular formula is C11H17NO. The van der Waals surface area contributed by atoms with Crippen molar-refractivity contribution >= 4 is 5.91 Å². The van der Waals surface area contributed by atoms with Gasteiger partial charge in [0, 0.05) is 5.92 Å². The van der Waals surface area contributed by atoms with Crippen molar-refractivity contribution in [3.8, 4) is 0 Å². The van der Waals surface area contributed by atoms with Crippen LogP contribution in [0.15, 0.2) is 11.1 Å². The fourth-order valence-corrected chi connectivity index (χ4v) is 3.15. The number of rotatable bonds is 0. The Morgan fingerprint density at radius 1 is 1.23 bits per heavy atom. The molecule has 1 amide bonds. The number of hydrogen-bond acceptors (Lipinski definition) is 1. The summed E-state index contributed by atoms with van der Waals surface area (Å²) in [7, 11) is 0. The van der Waals surface area contributed by atoms with Crippen molar-refractivity contribution in [3.63, 3.8) is 0 Å². The topological polar surface area (TPSA) is 29.1 Å². The zero-order valence-corrected chi connectivity index (χ0v) is 8.99. The quantitative estimate of drug-likeness (QED) is 0.565. The highest BCUT2D eigenvalue weighted by Crippen LogP contribution is 2.56. The second kappa shape index (κ2) is 1.99.